The number of nitrogens with zero attached hydrogens (tertiary/aromatic N) is 3. The summed E-state index contributed by atoms with van der Waals surface area (Å²) in [6.45, 7) is 3.52. The second-order valence-electron chi connectivity index (χ2n) is 8.27. The molecular weight excluding hydrogens is 512 g/mol. The van der Waals surface area contributed by atoms with Crippen LogP contribution in [0.25, 0.3) is 11.8 Å². The summed E-state index contributed by atoms with van der Waals surface area (Å²) in [6, 6.07) is 11.1. The maximum absolute atomic E-state index is 13.6. The molecule has 1 fully saturated rings. The van der Waals surface area contributed by atoms with Crippen molar-refractivity contribution in [3.8, 4) is 22.9 Å². The van der Waals surface area contributed by atoms with Gasteiger partial charge in [-0.1, -0.05) is 0 Å². The summed E-state index contributed by atoms with van der Waals surface area (Å²) in [5.41, 5.74) is 2.11. The highest BCUT2D eigenvalue weighted by atomic mass is 32.1. The van der Waals surface area contributed by atoms with E-state index in [9.17, 15) is 19.7 Å². The molecule has 0 saturated carbocycles. The first-order valence-electron chi connectivity index (χ1n) is 11.3. The lowest BCUT2D eigenvalue weighted by Gasteiger charge is -2.30. The van der Waals surface area contributed by atoms with Crippen molar-refractivity contribution >= 4 is 46.6 Å². The Labute approximate surface area is 223 Å². The first kappa shape index (κ1) is 26.4. The largest absolute Gasteiger partial charge is 0.497 e. The molecule has 2 heterocycles. The Balaban J connectivity index is 1.80. The van der Waals surface area contributed by atoms with Crippen LogP contribution >= 0.6 is 12.2 Å². The molecule has 11 nitrogen and oxygen atoms in total. The van der Waals surface area contributed by atoms with Gasteiger partial charge >= 0.3 is 0 Å². The lowest BCUT2D eigenvalue weighted by molar-refractivity contribution is -0.384. The summed E-state index contributed by atoms with van der Waals surface area (Å²) >= 11 is 5.30. The number of aromatic nitrogens is 1. The predicted molar refractivity (Wildman–Crippen MR) is 144 cm³/mol. The number of hydrogen-bond donors (Lipinski definition) is 1. The summed E-state index contributed by atoms with van der Waals surface area (Å²) in [7, 11) is 4.37. The Morgan fingerprint density at radius 2 is 1.58 bits per heavy atom. The number of rotatable bonds is 7. The third-order valence-corrected chi connectivity index (χ3v) is 6.40. The zero-order valence-corrected chi connectivity index (χ0v) is 22.0. The van der Waals surface area contributed by atoms with Crippen LogP contribution in [0.2, 0.25) is 0 Å². The van der Waals surface area contributed by atoms with E-state index < -0.39 is 16.7 Å². The van der Waals surface area contributed by atoms with Gasteiger partial charge in [-0.3, -0.25) is 25.0 Å². The van der Waals surface area contributed by atoms with Gasteiger partial charge in [-0.25, -0.2) is 4.90 Å². The molecule has 2 amide bonds. The van der Waals surface area contributed by atoms with E-state index in [-0.39, 0.29) is 16.4 Å². The van der Waals surface area contributed by atoms with E-state index >= 15 is 0 Å². The molecule has 0 aliphatic carbocycles. The van der Waals surface area contributed by atoms with Crippen LogP contribution in [0.4, 0.5) is 11.4 Å². The molecular formula is C26H24N4O7S. The predicted octanol–water partition coefficient (Wildman–Crippen LogP) is 3.86. The fourth-order valence-electron chi connectivity index (χ4n) is 4.27. The van der Waals surface area contributed by atoms with Gasteiger partial charge in [0.15, 0.2) is 5.11 Å². The van der Waals surface area contributed by atoms with Crippen molar-refractivity contribution in [2.45, 2.75) is 13.8 Å². The second-order valence-corrected chi connectivity index (χ2v) is 8.66. The van der Waals surface area contributed by atoms with E-state index in [0.717, 1.165) is 0 Å². The lowest BCUT2D eigenvalue weighted by Crippen LogP contribution is -2.54. The van der Waals surface area contributed by atoms with Crippen molar-refractivity contribution in [3.63, 3.8) is 0 Å². The average molecular weight is 537 g/mol. The third-order valence-electron chi connectivity index (χ3n) is 6.12. The van der Waals surface area contributed by atoms with Gasteiger partial charge in [-0.15, -0.1) is 0 Å². The molecule has 196 valence electrons. The summed E-state index contributed by atoms with van der Waals surface area (Å²) in [5, 5.41) is 14.2. The minimum Gasteiger partial charge on any atom is -0.497 e. The Morgan fingerprint density at radius 3 is 2.18 bits per heavy atom. The van der Waals surface area contributed by atoms with E-state index in [4.69, 9.17) is 26.4 Å². The average Bonchev–Trinajstić information content (AvgIpc) is 3.18. The number of carbonyl (C=O) groups is 2. The molecule has 0 radical (unpaired) electrons. The lowest BCUT2D eigenvalue weighted by atomic mass is 10.1. The Morgan fingerprint density at radius 1 is 0.947 bits per heavy atom. The number of methoxy groups -OCH3 is 3. The topological polar surface area (TPSA) is 125 Å². The van der Waals surface area contributed by atoms with Crippen molar-refractivity contribution in [1.29, 1.82) is 0 Å². The van der Waals surface area contributed by atoms with Gasteiger partial charge in [0.25, 0.3) is 17.5 Å². The zero-order valence-electron chi connectivity index (χ0n) is 21.2. The molecule has 12 heteroatoms. The number of hydrogen-bond acceptors (Lipinski definition) is 8. The number of aryl methyl sites for hydroxylation is 1. The van der Waals surface area contributed by atoms with Crippen LogP contribution in [-0.2, 0) is 9.59 Å². The molecule has 0 spiro atoms. The van der Waals surface area contributed by atoms with Crippen LogP contribution in [-0.4, -0.2) is 47.7 Å². The number of nitro groups is 1. The standard InChI is InChI=1S/C26H24N4O7S/c1-14-10-16(15(2)28(14)20-8-6-17(35-3)12-22(20)30(33)34)11-19-24(31)27-26(38)29(25(19)32)21-9-7-18(36-4)13-23(21)37-5/h6-13H,1-5H3,(H,27,31,38)/b19-11+. The molecule has 0 unspecified atom stereocenters. The van der Waals surface area contributed by atoms with Gasteiger partial charge in [0.2, 0.25) is 0 Å². The third kappa shape index (κ3) is 4.57. The van der Waals surface area contributed by atoms with Gasteiger partial charge in [0.05, 0.1) is 38.0 Å². The Bertz CT molecular complexity index is 1530. The van der Waals surface area contributed by atoms with Crippen LogP contribution in [0.1, 0.15) is 17.0 Å². The number of nitrogens with one attached hydrogen (secondary N) is 1. The molecule has 1 aliphatic rings. The number of anilines is 1. The highest BCUT2D eigenvalue weighted by molar-refractivity contribution is 7.80. The monoisotopic (exact) mass is 536 g/mol. The zero-order chi connectivity index (χ0) is 27.7. The van der Waals surface area contributed by atoms with Crippen molar-refractivity contribution in [2.24, 2.45) is 0 Å². The molecule has 1 saturated heterocycles. The highest BCUT2D eigenvalue weighted by Gasteiger charge is 2.36. The van der Waals surface area contributed by atoms with Crippen LogP contribution in [0.5, 0.6) is 17.2 Å². The molecule has 38 heavy (non-hydrogen) atoms. The minimum atomic E-state index is -0.663. The summed E-state index contributed by atoms with van der Waals surface area (Å²) in [6.07, 6.45) is 1.44. The maximum atomic E-state index is 13.6. The molecule has 1 aromatic heterocycles. The van der Waals surface area contributed by atoms with Gasteiger partial charge in [-0.05, 0) is 68.0 Å². The first-order valence-corrected chi connectivity index (χ1v) is 11.7. The summed E-state index contributed by atoms with van der Waals surface area (Å²) < 4.78 is 17.5. The molecule has 4 rings (SSSR count). The molecule has 0 bridgehead atoms. The quantitative estimate of drug-likeness (QED) is 0.159. The van der Waals surface area contributed by atoms with Crippen molar-refractivity contribution in [2.75, 3.05) is 26.2 Å². The van der Waals surface area contributed by atoms with Crippen LogP contribution < -0.4 is 24.4 Å². The van der Waals surface area contributed by atoms with Crippen LogP contribution in [0, 0.1) is 24.0 Å². The van der Waals surface area contributed by atoms with Gasteiger partial charge in [0, 0.05) is 17.5 Å². The normalized spacial score (nSPS) is 14.5. The number of ether oxygens (including phenoxy) is 3. The fourth-order valence-corrected chi connectivity index (χ4v) is 4.55. The van der Waals surface area contributed by atoms with E-state index in [1.807, 2.05) is 0 Å². The first-order chi connectivity index (χ1) is 18.1. The minimum absolute atomic E-state index is 0.0973. The number of nitro benzene ring substituents is 1. The van der Waals surface area contributed by atoms with Gasteiger partial charge < -0.3 is 18.8 Å². The van der Waals surface area contributed by atoms with E-state index in [2.05, 4.69) is 5.32 Å². The number of amides is 2. The Hall–Kier alpha value is -4.71. The van der Waals surface area contributed by atoms with Gasteiger partial charge in [-0.2, -0.15) is 0 Å². The SMILES string of the molecule is COc1ccc(N2C(=O)/C(=C/c3cc(C)n(-c4ccc(OC)cc4[N+](=O)[O-])c3C)C(=O)NC2=S)c(OC)c1. The molecule has 0 atom stereocenters. The van der Waals surface area contributed by atoms with Crippen LogP contribution in [0.15, 0.2) is 48.0 Å². The van der Waals surface area contributed by atoms with E-state index in [1.54, 1.807) is 54.8 Å². The smallest absolute Gasteiger partial charge is 0.296 e. The van der Waals surface area contributed by atoms with Crippen molar-refractivity contribution in [1.82, 2.24) is 9.88 Å². The molecule has 2 aromatic carbocycles. The number of benzene rings is 2. The summed E-state index contributed by atoms with van der Waals surface area (Å²) in [5.74, 6) is -0.132. The van der Waals surface area contributed by atoms with E-state index in [0.29, 0.717) is 45.6 Å². The molecule has 1 aliphatic heterocycles. The number of carbonyl (C=O) groups excluding carboxylic acids is 2. The Kier molecular flexibility index (Phi) is 7.17. The molecule has 3 aromatic rings. The van der Waals surface area contributed by atoms with Crippen molar-refractivity contribution < 1.29 is 28.7 Å². The van der Waals surface area contributed by atoms with Gasteiger partial charge in [0.1, 0.15) is 28.5 Å². The van der Waals surface area contributed by atoms with Crippen LogP contribution in [0.3, 0.4) is 0 Å². The second kappa shape index (κ2) is 10.3. The fraction of sp³-hybridized carbons (Fsp3) is 0.192. The molecule has 1 N–H and O–H groups in total. The van der Waals surface area contributed by atoms with E-state index in [1.165, 1.54) is 38.4 Å². The highest BCUT2D eigenvalue weighted by Crippen LogP contribution is 2.35. The maximum Gasteiger partial charge on any atom is 0.296 e. The van der Waals surface area contributed by atoms with Crippen molar-refractivity contribution in [3.05, 3.63) is 75.1 Å². The summed E-state index contributed by atoms with van der Waals surface area (Å²) in [4.78, 5) is 38.9. The number of thiocarbonyl (C=S) groups is 1.